The number of amides is 1. The van der Waals surface area contributed by atoms with Crippen LogP contribution in [0.2, 0.25) is 0 Å². The van der Waals surface area contributed by atoms with E-state index in [9.17, 15) is 9.18 Å². The Bertz CT molecular complexity index is 922. The van der Waals surface area contributed by atoms with Gasteiger partial charge in [0, 0.05) is 30.8 Å². The van der Waals surface area contributed by atoms with Crippen molar-refractivity contribution in [1.82, 2.24) is 10.0 Å². The van der Waals surface area contributed by atoms with Gasteiger partial charge in [-0.25, -0.2) is 4.39 Å². The molecule has 1 unspecified atom stereocenters. The van der Waals surface area contributed by atoms with Crippen molar-refractivity contribution in [2.45, 2.75) is 46.0 Å². The number of likely N-dealkylation sites (N-methyl/N-ethyl adjacent to an activating group) is 1. The molecule has 0 saturated heterocycles. The summed E-state index contributed by atoms with van der Waals surface area (Å²) in [6, 6.07) is 15.1. The SMILES string of the molecule is CCN1C(=O)C2CCCCC2=C(Cc2ccc(F)c(-c3ccccc3)c2)N1CC. The standard InChI is InChI=1S/C25H29FN2O/c1-3-27-24(20-12-8-9-13-21(20)25(29)28(27)4-2)17-18-14-15-23(26)22(16-18)19-10-6-5-7-11-19/h5-7,10-11,14-16,21H,3-4,8-9,12-13,17H2,1-2H3. The van der Waals surface area contributed by atoms with Crippen LogP contribution in [-0.2, 0) is 11.2 Å². The maximum atomic E-state index is 14.5. The number of allylic oxidation sites excluding steroid dienone is 1. The Labute approximate surface area is 172 Å². The van der Waals surface area contributed by atoms with Crippen LogP contribution in [0.3, 0.4) is 0 Å². The van der Waals surface area contributed by atoms with E-state index in [0.717, 1.165) is 49.8 Å². The predicted molar refractivity (Wildman–Crippen MR) is 114 cm³/mol. The Morgan fingerprint density at radius 3 is 2.48 bits per heavy atom. The van der Waals surface area contributed by atoms with Crippen molar-refractivity contribution < 1.29 is 9.18 Å². The van der Waals surface area contributed by atoms with E-state index in [1.165, 1.54) is 11.3 Å². The Balaban J connectivity index is 1.74. The Morgan fingerprint density at radius 1 is 1.00 bits per heavy atom. The molecule has 29 heavy (non-hydrogen) atoms. The first-order chi connectivity index (χ1) is 14.1. The summed E-state index contributed by atoms with van der Waals surface area (Å²) in [5, 5.41) is 4.07. The second kappa shape index (κ2) is 8.40. The van der Waals surface area contributed by atoms with E-state index in [1.807, 2.05) is 54.4 Å². The molecule has 0 N–H and O–H groups in total. The molecular formula is C25H29FN2O. The third-order valence-electron chi connectivity index (χ3n) is 6.22. The van der Waals surface area contributed by atoms with E-state index in [1.54, 1.807) is 6.07 Å². The molecule has 1 heterocycles. The minimum Gasteiger partial charge on any atom is -0.287 e. The lowest BCUT2D eigenvalue weighted by atomic mass is 9.80. The molecule has 4 rings (SSSR count). The van der Waals surface area contributed by atoms with Gasteiger partial charge in [0.2, 0.25) is 5.91 Å². The number of carbonyl (C=O) groups excluding carboxylic acids is 1. The summed E-state index contributed by atoms with van der Waals surface area (Å²) in [6.45, 7) is 5.58. The number of rotatable bonds is 5. The van der Waals surface area contributed by atoms with Gasteiger partial charge in [0.15, 0.2) is 0 Å². The van der Waals surface area contributed by atoms with Crippen LogP contribution in [0, 0.1) is 11.7 Å². The van der Waals surface area contributed by atoms with Gasteiger partial charge in [0.25, 0.3) is 0 Å². The van der Waals surface area contributed by atoms with Crippen LogP contribution in [0.1, 0.15) is 45.1 Å². The van der Waals surface area contributed by atoms with Crippen molar-refractivity contribution in [3.05, 3.63) is 71.2 Å². The van der Waals surface area contributed by atoms with Gasteiger partial charge in [-0.1, -0.05) is 42.8 Å². The monoisotopic (exact) mass is 392 g/mol. The number of fused-ring (bicyclic) bond motifs is 1. The van der Waals surface area contributed by atoms with Crippen LogP contribution in [0.4, 0.5) is 4.39 Å². The quantitative estimate of drug-likeness (QED) is 0.663. The summed E-state index contributed by atoms with van der Waals surface area (Å²) in [7, 11) is 0. The van der Waals surface area contributed by atoms with Crippen molar-refractivity contribution in [3.63, 3.8) is 0 Å². The number of hydrogen-bond donors (Lipinski definition) is 0. The molecule has 0 aromatic heterocycles. The minimum absolute atomic E-state index is 0.0237. The van der Waals surface area contributed by atoms with Gasteiger partial charge >= 0.3 is 0 Å². The van der Waals surface area contributed by atoms with Crippen molar-refractivity contribution in [2.75, 3.05) is 13.1 Å². The van der Waals surface area contributed by atoms with Crippen LogP contribution in [0.25, 0.3) is 11.1 Å². The zero-order chi connectivity index (χ0) is 20.4. The number of benzene rings is 2. The molecule has 1 atom stereocenters. The van der Waals surface area contributed by atoms with Crippen LogP contribution in [0.5, 0.6) is 0 Å². The van der Waals surface area contributed by atoms with E-state index in [0.29, 0.717) is 12.1 Å². The van der Waals surface area contributed by atoms with Crippen molar-refractivity contribution in [1.29, 1.82) is 0 Å². The van der Waals surface area contributed by atoms with Crippen LogP contribution in [-0.4, -0.2) is 29.0 Å². The Kier molecular flexibility index (Phi) is 5.70. The third-order valence-corrected chi connectivity index (χ3v) is 6.22. The largest absolute Gasteiger partial charge is 0.287 e. The van der Waals surface area contributed by atoms with Crippen molar-refractivity contribution in [3.8, 4) is 11.1 Å². The summed E-state index contributed by atoms with van der Waals surface area (Å²) in [5.41, 5.74) is 5.15. The minimum atomic E-state index is -0.200. The van der Waals surface area contributed by atoms with Gasteiger partial charge in [-0.2, -0.15) is 0 Å². The van der Waals surface area contributed by atoms with Gasteiger partial charge < -0.3 is 0 Å². The lowest BCUT2D eigenvalue weighted by Gasteiger charge is -2.46. The molecule has 1 amide bonds. The fourth-order valence-corrected chi connectivity index (χ4v) is 4.85. The normalized spacial score (nSPS) is 19.6. The number of hydrogen-bond acceptors (Lipinski definition) is 2. The number of halogens is 1. The van der Waals surface area contributed by atoms with Gasteiger partial charge in [-0.05, 0) is 61.9 Å². The molecule has 0 radical (unpaired) electrons. The number of carbonyl (C=O) groups is 1. The van der Waals surface area contributed by atoms with Gasteiger partial charge in [-0.15, -0.1) is 0 Å². The fourth-order valence-electron chi connectivity index (χ4n) is 4.85. The molecule has 3 nitrogen and oxygen atoms in total. The van der Waals surface area contributed by atoms with Gasteiger partial charge in [0.05, 0.1) is 5.92 Å². The number of hydrazine groups is 1. The zero-order valence-corrected chi connectivity index (χ0v) is 17.3. The second-order valence-corrected chi connectivity index (χ2v) is 7.90. The summed E-state index contributed by atoms with van der Waals surface area (Å²) in [4.78, 5) is 13.0. The van der Waals surface area contributed by atoms with E-state index < -0.39 is 0 Å². The van der Waals surface area contributed by atoms with Crippen molar-refractivity contribution >= 4 is 5.91 Å². The lowest BCUT2D eigenvalue weighted by molar-refractivity contribution is -0.152. The molecule has 1 aliphatic heterocycles. The molecule has 1 fully saturated rings. The molecule has 0 spiro atoms. The molecule has 2 aromatic rings. The van der Waals surface area contributed by atoms with Crippen LogP contribution < -0.4 is 0 Å². The maximum Gasteiger partial charge on any atom is 0.248 e. The van der Waals surface area contributed by atoms with E-state index in [4.69, 9.17) is 0 Å². The third kappa shape index (κ3) is 3.68. The van der Waals surface area contributed by atoms with E-state index in [-0.39, 0.29) is 17.6 Å². The molecule has 2 aliphatic rings. The molecule has 4 heteroatoms. The first-order valence-electron chi connectivity index (χ1n) is 10.8. The lowest BCUT2D eigenvalue weighted by Crippen LogP contribution is -2.53. The highest BCUT2D eigenvalue weighted by atomic mass is 19.1. The highest BCUT2D eigenvalue weighted by Crippen LogP contribution is 2.39. The zero-order valence-electron chi connectivity index (χ0n) is 17.3. The first kappa shape index (κ1) is 19.7. The highest BCUT2D eigenvalue weighted by molar-refractivity contribution is 5.83. The second-order valence-electron chi connectivity index (χ2n) is 7.90. The molecule has 1 saturated carbocycles. The topological polar surface area (TPSA) is 23.6 Å². The average Bonchev–Trinajstić information content (AvgIpc) is 2.77. The van der Waals surface area contributed by atoms with Crippen LogP contribution >= 0.6 is 0 Å². The maximum absolute atomic E-state index is 14.5. The predicted octanol–water partition coefficient (Wildman–Crippen LogP) is 5.58. The first-order valence-corrected chi connectivity index (χ1v) is 10.8. The Morgan fingerprint density at radius 2 is 1.76 bits per heavy atom. The van der Waals surface area contributed by atoms with Gasteiger partial charge in [0.1, 0.15) is 5.82 Å². The average molecular weight is 393 g/mol. The van der Waals surface area contributed by atoms with E-state index >= 15 is 0 Å². The molecular weight excluding hydrogens is 363 g/mol. The van der Waals surface area contributed by atoms with Gasteiger partial charge in [-0.3, -0.25) is 14.8 Å². The highest BCUT2D eigenvalue weighted by Gasteiger charge is 2.39. The van der Waals surface area contributed by atoms with E-state index in [2.05, 4.69) is 11.9 Å². The number of nitrogens with zero attached hydrogens (tertiary/aromatic N) is 2. The fraction of sp³-hybridized carbons (Fsp3) is 0.400. The molecule has 1 aliphatic carbocycles. The molecule has 2 aromatic carbocycles. The van der Waals surface area contributed by atoms with Crippen molar-refractivity contribution in [2.24, 2.45) is 5.92 Å². The summed E-state index contributed by atoms with van der Waals surface area (Å²) < 4.78 is 14.5. The smallest absolute Gasteiger partial charge is 0.248 e. The Hall–Kier alpha value is -2.62. The summed E-state index contributed by atoms with van der Waals surface area (Å²) >= 11 is 0. The van der Waals surface area contributed by atoms with Crippen LogP contribution in [0.15, 0.2) is 59.8 Å². The summed E-state index contributed by atoms with van der Waals surface area (Å²) in [5.74, 6) is 0.0712. The summed E-state index contributed by atoms with van der Waals surface area (Å²) in [6.07, 6.45) is 4.93. The molecule has 0 bridgehead atoms. The molecule has 152 valence electrons.